The molecule has 1 heterocycles. The van der Waals surface area contributed by atoms with Gasteiger partial charge in [-0.2, -0.15) is 0 Å². The molecule has 0 saturated heterocycles. The summed E-state index contributed by atoms with van der Waals surface area (Å²) in [6.07, 6.45) is 0. The number of rotatable bonds is 2. The average molecular weight is 315 g/mol. The Morgan fingerprint density at radius 3 is 2.05 bits per heavy atom. The van der Waals surface area contributed by atoms with Crippen LogP contribution in [0.1, 0.15) is 0 Å². The van der Waals surface area contributed by atoms with E-state index in [4.69, 9.17) is 0 Å². The van der Waals surface area contributed by atoms with Crippen LogP contribution in [0.15, 0.2) is 48.5 Å². The van der Waals surface area contributed by atoms with Gasteiger partial charge in [-0.15, -0.1) is 0 Å². The zero-order chi connectivity index (χ0) is 13.2. The normalized spacial score (nSPS) is 10.8. The number of carbonyl (C=O) groups is 1. The van der Waals surface area contributed by atoms with Gasteiger partial charge in [0, 0.05) is 10.8 Å². The van der Waals surface area contributed by atoms with Crippen LogP contribution in [0.3, 0.4) is 0 Å². The highest BCUT2D eigenvalue weighted by molar-refractivity contribution is 9.09. The van der Waals surface area contributed by atoms with Crippen molar-refractivity contribution in [3.8, 4) is 0 Å². The summed E-state index contributed by atoms with van der Waals surface area (Å²) in [4.78, 5) is 16.3. The molecule has 0 radical (unpaired) electrons. The number of nitrogens with one attached hydrogen (secondary N) is 1. The Hall–Kier alpha value is -1.94. The summed E-state index contributed by atoms with van der Waals surface area (Å²) in [5.74, 6) is -0.0680. The zero-order valence-corrected chi connectivity index (χ0v) is 11.6. The molecule has 94 valence electrons. The maximum absolute atomic E-state index is 11.7. The highest BCUT2D eigenvalue weighted by atomic mass is 79.9. The number of fused-ring (bicyclic) bond motifs is 2. The minimum absolute atomic E-state index is 0.0680. The molecule has 3 aromatic rings. The van der Waals surface area contributed by atoms with Crippen LogP contribution < -0.4 is 5.32 Å². The Morgan fingerprint density at radius 2 is 1.53 bits per heavy atom. The van der Waals surface area contributed by atoms with Crippen molar-refractivity contribution in [3.63, 3.8) is 0 Å². The Bertz CT molecular complexity index is 716. The molecule has 3 rings (SSSR count). The van der Waals surface area contributed by atoms with Gasteiger partial charge < -0.3 is 5.32 Å². The first-order valence-electron chi connectivity index (χ1n) is 5.93. The van der Waals surface area contributed by atoms with Gasteiger partial charge in [0.1, 0.15) is 0 Å². The third-order valence-electron chi connectivity index (χ3n) is 2.97. The molecule has 0 aliphatic heterocycles. The van der Waals surface area contributed by atoms with Gasteiger partial charge in [-0.3, -0.25) is 4.79 Å². The number of aromatic nitrogens is 1. The number of alkyl halides is 1. The van der Waals surface area contributed by atoms with E-state index in [1.165, 1.54) is 0 Å². The number of hydrogen-bond donors (Lipinski definition) is 1. The van der Waals surface area contributed by atoms with Crippen LogP contribution in [0.4, 0.5) is 5.69 Å². The fourth-order valence-corrected chi connectivity index (χ4v) is 2.29. The first-order chi connectivity index (χ1) is 9.29. The Kier molecular flexibility index (Phi) is 3.17. The van der Waals surface area contributed by atoms with Gasteiger partial charge >= 0.3 is 0 Å². The second-order valence-corrected chi connectivity index (χ2v) is 4.76. The third-order valence-corrected chi connectivity index (χ3v) is 3.48. The topological polar surface area (TPSA) is 42.0 Å². The summed E-state index contributed by atoms with van der Waals surface area (Å²) < 4.78 is 0. The van der Waals surface area contributed by atoms with Gasteiger partial charge in [0.15, 0.2) is 0 Å². The van der Waals surface area contributed by atoms with E-state index in [1.807, 2.05) is 48.5 Å². The standard InChI is InChI=1S/C15H11BrN2O/c16-9-14(19)18-15-10-5-1-3-7-12(10)17-13-8-4-2-6-11(13)15/h1-8H,9H2,(H,17,18,19). The number of nitrogens with zero attached hydrogens (tertiary/aromatic N) is 1. The lowest BCUT2D eigenvalue weighted by Gasteiger charge is -2.11. The number of benzene rings is 2. The van der Waals surface area contributed by atoms with Gasteiger partial charge in [0.2, 0.25) is 5.91 Å². The minimum atomic E-state index is -0.0680. The summed E-state index contributed by atoms with van der Waals surface area (Å²) in [6.45, 7) is 0. The van der Waals surface area contributed by atoms with Gasteiger partial charge in [-0.1, -0.05) is 52.3 Å². The summed E-state index contributed by atoms with van der Waals surface area (Å²) >= 11 is 3.17. The van der Waals surface area contributed by atoms with Gasteiger partial charge in [0.05, 0.1) is 22.1 Å². The van der Waals surface area contributed by atoms with Gasteiger partial charge in [-0.25, -0.2) is 4.98 Å². The maximum atomic E-state index is 11.7. The number of pyridine rings is 1. The monoisotopic (exact) mass is 314 g/mol. The summed E-state index contributed by atoms with van der Waals surface area (Å²) in [7, 11) is 0. The SMILES string of the molecule is O=C(CBr)Nc1c2ccccc2nc2ccccc12. The van der Waals surface area contributed by atoms with E-state index in [1.54, 1.807) is 0 Å². The number of halogens is 1. The molecule has 2 aromatic carbocycles. The second-order valence-electron chi connectivity index (χ2n) is 4.20. The average Bonchev–Trinajstić information content (AvgIpc) is 2.46. The van der Waals surface area contributed by atoms with Crippen LogP contribution in [0.25, 0.3) is 21.8 Å². The van der Waals surface area contributed by atoms with Gasteiger partial charge in [0.25, 0.3) is 0 Å². The zero-order valence-electron chi connectivity index (χ0n) is 10.1. The Morgan fingerprint density at radius 1 is 1.00 bits per heavy atom. The van der Waals surface area contributed by atoms with Crippen molar-refractivity contribution in [2.24, 2.45) is 0 Å². The van der Waals surface area contributed by atoms with E-state index >= 15 is 0 Å². The van der Waals surface area contributed by atoms with Crippen molar-refractivity contribution in [3.05, 3.63) is 48.5 Å². The van der Waals surface area contributed by atoms with E-state index in [0.29, 0.717) is 0 Å². The predicted molar refractivity (Wildman–Crippen MR) is 81.7 cm³/mol. The maximum Gasteiger partial charge on any atom is 0.235 e. The lowest BCUT2D eigenvalue weighted by molar-refractivity contribution is -0.113. The molecule has 1 aromatic heterocycles. The summed E-state index contributed by atoms with van der Waals surface area (Å²) in [5.41, 5.74) is 2.59. The van der Waals surface area contributed by atoms with Crippen molar-refractivity contribution in [2.45, 2.75) is 0 Å². The summed E-state index contributed by atoms with van der Waals surface area (Å²) in [6, 6.07) is 15.6. The molecule has 0 saturated carbocycles. The van der Waals surface area contributed by atoms with E-state index < -0.39 is 0 Å². The van der Waals surface area contributed by atoms with Crippen molar-refractivity contribution in [2.75, 3.05) is 10.6 Å². The van der Waals surface area contributed by atoms with Crippen LogP contribution in [-0.2, 0) is 4.79 Å². The van der Waals surface area contributed by atoms with Crippen LogP contribution in [0, 0.1) is 0 Å². The second kappa shape index (κ2) is 4.97. The quantitative estimate of drug-likeness (QED) is 0.578. The fraction of sp³-hybridized carbons (Fsp3) is 0.0667. The molecular weight excluding hydrogens is 304 g/mol. The van der Waals surface area contributed by atoms with Crippen molar-refractivity contribution in [1.82, 2.24) is 4.98 Å². The molecule has 4 heteroatoms. The molecule has 0 aliphatic rings. The van der Waals surface area contributed by atoms with Gasteiger partial charge in [-0.05, 0) is 12.1 Å². The molecule has 0 unspecified atom stereocenters. The number of amides is 1. The lowest BCUT2D eigenvalue weighted by Crippen LogP contribution is -2.13. The van der Waals surface area contributed by atoms with E-state index in [0.717, 1.165) is 27.5 Å². The molecule has 3 nitrogen and oxygen atoms in total. The summed E-state index contributed by atoms with van der Waals surface area (Å²) in [5, 5.41) is 5.14. The Balaban J connectivity index is 2.36. The van der Waals surface area contributed by atoms with Crippen molar-refractivity contribution >= 4 is 49.3 Å². The molecule has 19 heavy (non-hydrogen) atoms. The molecule has 1 amide bonds. The highest BCUT2D eigenvalue weighted by Gasteiger charge is 2.10. The molecule has 1 N–H and O–H groups in total. The number of anilines is 1. The molecule has 0 bridgehead atoms. The number of carbonyl (C=O) groups excluding carboxylic acids is 1. The molecular formula is C15H11BrN2O. The predicted octanol–water partition coefficient (Wildman–Crippen LogP) is 3.72. The number of para-hydroxylation sites is 2. The molecule has 0 fully saturated rings. The van der Waals surface area contributed by atoms with E-state index in [9.17, 15) is 4.79 Å². The van der Waals surface area contributed by atoms with Crippen LogP contribution >= 0.6 is 15.9 Å². The Labute approximate surface area is 118 Å². The first kappa shape index (κ1) is 12.1. The van der Waals surface area contributed by atoms with Crippen molar-refractivity contribution < 1.29 is 4.79 Å². The fourth-order valence-electron chi connectivity index (χ4n) is 2.15. The molecule has 0 spiro atoms. The molecule has 0 atom stereocenters. The number of hydrogen-bond acceptors (Lipinski definition) is 2. The third kappa shape index (κ3) is 2.19. The largest absolute Gasteiger partial charge is 0.324 e. The highest BCUT2D eigenvalue weighted by Crippen LogP contribution is 2.30. The van der Waals surface area contributed by atoms with E-state index in [-0.39, 0.29) is 11.2 Å². The van der Waals surface area contributed by atoms with Crippen molar-refractivity contribution in [1.29, 1.82) is 0 Å². The van der Waals surface area contributed by atoms with Crippen LogP contribution in [0.5, 0.6) is 0 Å². The smallest absolute Gasteiger partial charge is 0.235 e. The van der Waals surface area contributed by atoms with Crippen LogP contribution in [-0.4, -0.2) is 16.2 Å². The molecule has 0 aliphatic carbocycles. The van der Waals surface area contributed by atoms with E-state index in [2.05, 4.69) is 26.2 Å². The minimum Gasteiger partial charge on any atom is -0.324 e. The lowest BCUT2D eigenvalue weighted by atomic mass is 10.1. The first-order valence-corrected chi connectivity index (χ1v) is 7.05. The van der Waals surface area contributed by atoms with Crippen LogP contribution in [0.2, 0.25) is 0 Å².